The molecule has 0 aliphatic rings. The Balaban J connectivity index is 2.57. The molecule has 0 aliphatic carbocycles. The van der Waals surface area contributed by atoms with Crippen molar-refractivity contribution < 1.29 is 4.42 Å². The molecule has 2 rings (SSSR count). The Bertz CT molecular complexity index is 412. The van der Waals surface area contributed by atoms with Crippen molar-refractivity contribution in [2.45, 2.75) is 0 Å². The first kappa shape index (κ1) is 8.13. The zero-order valence-electron chi connectivity index (χ0n) is 6.70. The fourth-order valence-electron chi connectivity index (χ4n) is 1.06. The van der Waals surface area contributed by atoms with Gasteiger partial charge in [-0.3, -0.25) is 0 Å². The third-order valence-corrected chi connectivity index (χ3v) is 1.86. The van der Waals surface area contributed by atoms with E-state index in [4.69, 9.17) is 21.8 Å². The monoisotopic (exact) mass is 194 g/mol. The third-order valence-electron chi connectivity index (χ3n) is 1.65. The van der Waals surface area contributed by atoms with E-state index in [9.17, 15) is 0 Å². The minimum atomic E-state index is 0.403. The molecule has 0 unspecified atom stereocenters. The van der Waals surface area contributed by atoms with Gasteiger partial charge in [0.05, 0.1) is 12.0 Å². The van der Waals surface area contributed by atoms with Crippen molar-refractivity contribution in [1.82, 2.24) is 4.98 Å². The summed E-state index contributed by atoms with van der Waals surface area (Å²) < 4.78 is 5.15. The van der Waals surface area contributed by atoms with Crippen LogP contribution >= 0.6 is 11.6 Å². The Hall–Kier alpha value is -1.48. The molecule has 0 saturated heterocycles. The number of hydrogen-bond acceptors (Lipinski definition) is 3. The highest BCUT2D eigenvalue weighted by atomic mass is 35.5. The van der Waals surface area contributed by atoms with Gasteiger partial charge in [0.1, 0.15) is 10.8 Å². The van der Waals surface area contributed by atoms with Gasteiger partial charge in [0.25, 0.3) is 0 Å². The first-order valence-electron chi connectivity index (χ1n) is 3.73. The molecule has 0 spiro atoms. The largest absolute Gasteiger partial charge is 0.463 e. The number of anilines is 1. The van der Waals surface area contributed by atoms with Gasteiger partial charge < -0.3 is 10.2 Å². The van der Waals surface area contributed by atoms with Crippen molar-refractivity contribution in [3.63, 3.8) is 0 Å². The highest BCUT2D eigenvalue weighted by molar-refractivity contribution is 6.29. The summed E-state index contributed by atoms with van der Waals surface area (Å²) in [4.78, 5) is 4.06. The zero-order chi connectivity index (χ0) is 9.26. The molecule has 0 bridgehead atoms. The lowest BCUT2D eigenvalue weighted by atomic mass is 10.2. The lowest BCUT2D eigenvalue weighted by Crippen LogP contribution is -1.92. The Kier molecular flexibility index (Phi) is 1.94. The Morgan fingerprint density at radius 2 is 2.15 bits per heavy atom. The van der Waals surface area contributed by atoms with Crippen LogP contribution in [0.1, 0.15) is 0 Å². The highest BCUT2D eigenvalue weighted by Gasteiger charge is 2.06. The van der Waals surface area contributed by atoms with E-state index in [-0.39, 0.29) is 0 Å². The van der Waals surface area contributed by atoms with Gasteiger partial charge in [-0.15, -0.1) is 0 Å². The van der Waals surface area contributed by atoms with Gasteiger partial charge >= 0.3 is 0 Å². The van der Waals surface area contributed by atoms with Crippen molar-refractivity contribution in [3.05, 3.63) is 35.7 Å². The molecular formula is C9H7ClN2O. The fourth-order valence-corrected chi connectivity index (χ4v) is 1.20. The fraction of sp³-hybridized carbons (Fsp3) is 0. The normalized spacial score (nSPS) is 10.2. The number of halogens is 1. The second-order valence-electron chi connectivity index (χ2n) is 2.55. The van der Waals surface area contributed by atoms with E-state index >= 15 is 0 Å². The summed E-state index contributed by atoms with van der Waals surface area (Å²) >= 11 is 5.73. The van der Waals surface area contributed by atoms with Crippen LogP contribution in [0.3, 0.4) is 0 Å². The second kappa shape index (κ2) is 3.11. The van der Waals surface area contributed by atoms with E-state index < -0.39 is 0 Å². The molecule has 0 aliphatic heterocycles. The number of nitrogens with zero attached hydrogens (tertiary/aromatic N) is 1. The van der Waals surface area contributed by atoms with Crippen LogP contribution in [-0.2, 0) is 0 Å². The van der Waals surface area contributed by atoms with Gasteiger partial charge in [0.2, 0.25) is 0 Å². The summed E-state index contributed by atoms with van der Waals surface area (Å²) in [5.74, 6) is 0.625. The molecule has 0 atom stereocenters. The molecule has 0 aromatic carbocycles. The van der Waals surface area contributed by atoms with Crippen LogP contribution < -0.4 is 5.73 Å². The van der Waals surface area contributed by atoms with E-state index in [2.05, 4.69) is 4.98 Å². The van der Waals surface area contributed by atoms with Crippen molar-refractivity contribution in [2.24, 2.45) is 0 Å². The average Bonchev–Trinajstić information content (AvgIpc) is 2.61. The molecule has 0 amide bonds. The van der Waals surface area contributed by atoms with E-state index in [1.165, 1.54) is 0 Å². The second-order valence-corrected chi connectivity index (χ2v) is 2.94. The van der Waals surface area contributed by atoms with Gasteiger partial charge in [0, 0.05) is 0 Å². The van der Waals surface area contributed by atoms with Crippen LogP contribution in [0, 0.1) is 0 Å². The van der Waals surface area contributed by atoms with Crippen LogP contribution in [0.4, 0.5) is 5.69 Å². The van der Waals surface area contributed by atoms with Crippen LogP contribution in [0.15, 0.2) is 34.9 Å². The summed E-state index contributed by atoms with van der Waals surface area (Å²) in [6, 6.07) is 6.91. The number of nitrogen functional groups attached to an aromatic ring is 1. The van der Waals surface area contributed by atoms with Crippen LogP contribution in [-0.4, -0.2) is 4.98 Å². The minimum Gasteiger partial charge on any atom is -0.463 e. The Labute approximate surface area is 80.1 Å². The zero-order valence-corrected chi connectivity index (χ0v) is 7.45. The molecule has 13 heavy (non-hydrogen) atoms. The topological polar surface area (TPSA) is 52.0 Å². The highest BCUT2D eigenvalue weighted by Crippen LogP contribution is 2.25. The van der Waals surface area contributed by atoms with Gasteiger partial charge in [0.15, 0.2) is 5.76 Å². The minimum absolute atomic E-state index is 0.403. The van der Waals surface area contributed by atoms with Crippen LogP contribution in [0.2, 0.25) is 5.15 Å². The molecule has 3 nitrogen and oxygen atoms in total. The molecule has 2 heterocycles. The summed E-state index contributed by atoms with van der Waals surface area (Å²) in [5.41, 5.74) is 6.84. The standard InChI is InChI=1S/C9H7ClN2O/c10-8-4-3-6(11)9(12-8)7-2-1-5-13-7/h1-5H,11H2. The van der Waals surface area contributed by atoms with Crippen LogP contribution in [0.25, 0.3) is 11.5 Å². The Morgan fingerprint density at radius 3 is 2.85 bits per heavy atom. The predicted octanol–water partition coefficient (Wildman–Crippen LogP) is 2.58. The van der Waals surface area contributed by atoms with Gasteiger partial charge in [-0.05, 0) is 24.3 Å². The summed E-state index contributed by atoms with van der Waals surface area (Å²) in [5, 5.41) is 0.403. The SMILES string of the molecule is Nc1ccc(Cl)nc1-c1ccco1. The number of furan rings is 1. The molecule has 2 aromatic heterocycles. The maximum absolute atomic E-state index is 5.73. The predicted molar refractivity (Wildman–Crippen MR) is 51.4 cm³/mol. The average molecular weight is 195 g/mol. The molecular weight excluding hydrogens is 188 g/mol. The maximum Gasteiger partial charge on any atom is 0.154 e. The number of rotatable bonds is 1. The lowest BCUT2D eigenvalue weighted by Gasteiger charge is -2.00. The van der Waals surface area contributed by atoms with Gasteiger partial charge in [-0.1, -0.05) is 11.6 Å². The number of nitrogens with two attached hydrogens (primary N) is 1. The number of aromatic nitrogens is 1. The van der Waals surface area contributed by atoms with E-state index in [0.717, 1.165) is 0 Å². The van der Waals surface area contributed by atoms with Crippen LogP contribution in [0.5, 0.6) is 0 Å². The Morgan fingerprint density at radius 1 is 1.31 bits per heavy atom. The van der Waals surface area contributed by atoms with Gasteiger partial charge in [-0.25, -0.2) is 4.98 Å². The van der Waals surface area contributed by atoms with Crippen molar-refractivity contribution in [2.75, 3.05) is 5.73 Å². The maximum atomic E-state index is 5.73. The molecule has 2 aromatic rings. The smallest absolute Gasteiger partial charge is 0.154 e. The summed E-state index contributed by atoms with van der Waals surface area (Å²) in [7, 11) is 0. The third kappa shape index (κ3) is 1.51. The molecule has 0 fully saturated rings. The summed E-state index contributed by atoms with van der Waals surface area (Å²) in [6.45, 7) is 0. The quantitative estimate of drug-likeness (QED) is 0.710. The van der Waals surface area contributed by atoms with E-state index in [1.807, 2.05) is 0 Å². The summed E-state index contributed by atoms with van der Waals surface area (Å²) in [6.07, 6.45) is 1.57. The molecule has 4 heteroatoms. The molecule has 0 saturated carbocycles. The van der Waals surface area contributed by atoms with Crippen molar-refractivity contribution in [3.8, 4) is 11.5 Å². The molecule has 2 N–H and O–H groups in total. The van der Waals surface area contributed by atoms with Crippen molar-refractivity contribution in [1.29, 1.82) is 0 Å². The van der Waals surface area contributed by atoms with E-state index in [0.29, 0.717) is 22.3 Å². The number of pyridine rings is 1. The van der Waals surface area contributed by atoms with E-state index in [1.54, 1.807) is 30.5 Å². The lowest BCUT2D eigenvalue weighted by molar-refractivity contribution is 0.580. The number of hydrogen-bond donors (Lipinski definition) is 1. The van der Waals surface area contributed by atoms with Gasteiger partial charge in [-0.2, -0.15) is 0 Å². The molecule has 66 valence electrons. The first-order chi connectivity index (χ1) is 6.27. The van der Waals surface area contributed by atoms with Crippen molar-refractivity contribution >= 4 is 17.3 Å². The molecule has 0 radical (unpaired) electrons. The first-order valence-corrected chi connectivity index (χ1v) is 4.11.